The van der Waals surface area contributed by atoms with Gasteiger partial charge in [0.1, 0.15) is 5.82 Å². The lowest BCUT2D eigenvalue weighted by atomic mass is 9.99. The van der Waals surface area contributed by atoms with E-state index in [1.165, 1.54) is 12.4 Å². The van der Waals surface area contributed by atoms with Crippen molar-refractivity contribution >= 4 is 17.6 Å². The van der Waals surface area contributed by atoms with Gasteiger partial charge in [-0.2, -0.15) is 0 Å². The van der Waals surface area contributed by atoms with E-state index in [1.807, 2.05) is 44.2 Å². The van der Waals surface area contributed by atoms with Crippen LogP contribution in [0.25, 0.3) is 16.8 Å². The molecule has 0 aliphatic heterocycles. The van der Waals surface area contributed by atoms with Gasteiger partial charge in [0.15, 0.2) is 0 Å². The fraction of sp³-hybridized carbons (Fsp3) is 0.188. The van der Waals surface area contributed by atoms with Crippen LogP contribution in [0.3, 0.4) is 0 Å². The van der Waals surface area contributed by atoms with Crippen molar-refractivity contribution in [2.24, 2.45) is 5.73 Å². The summed E-state index contributed by atoms with van der Waals surface area (Å²) in [6.45, 7) is 4.85. The predicted molar refractivity (Wildman–Crippen MR) is 87.3 cm³/mol. The van der Waals surface area contributed by atoms with Crippen LogP contribution in [0.1, 0.15) is 18.1 Å². The Balaban J connectivity index is 2.34. The van der Waals surface area contributed by atoms with E-state index in [0.29, 0.717) is 5.57 Å². The lowest BCUT2D eigenvalue weighted by molar-refractivity contribution is 1.02. The van der Waals surface area contributed by atoms with Crippen LogP contribution in [0.4, 0.5) is 5.82 Å². The van der Waals surface area contributed by atoms with Crippen LogP contribution in [0.15, 0.2) is 36.5 Å². The fourth-order valence-corrected chi connectivity index (χ4v) is 2.11. The summed E-state index contributed by atoms with van der Waals surface area (Å²) in [6, 6.07) is 9.78. The van der Waals surface area contributed by atoms with Crippen molar-refractivity contribution in [3.05, 3.63) is 47.7 Å². The second kappa shape index (κ2) is 6.65. The Kier molecular flexibility index (Phi) is 4.66. The lowest BCUT2D eigenvalue weighted by Crippen LogP contribution is -2.01. The first-order valence-corrected chi connectivity index (χ1v) is 6.81. The number of aromatic nitrogens is 2. The van der Waals surface area contributed by atoms with Crippen LogP contribution < -0.4 is 11.1 Å². The molecule has 0 fully saturated rings. The average molecular weight is 281 g/mol. The number of benzene rings is 1. The van der Waals surface area contributed by atoms with Gasteiger partial charge in [-0.15, -0.1) is 10.2 Å². The molecule has 0 radical (unpaired) electrons. The number of aryl methyl sites for hydroxylation is 1. The molecule has 2 rings (SSSR count). The Labute approximate surface area is 124 Å². The minimum Gasteiger partial charge on any atom is -0.404 e. The number of nitrogens with one attached hydrogen (secondary N) is 2. The van der Waals surface area contributed by atoms with E-state index < -0.39 is 0 Å². The highest BCUT2D eigenvalue weighted by molar-refractivity contribution is 6.08. The van der Waals surface area contributed by atoms with Crippen molar-refractivity contribution in [3.63, 3.8) is 0 Å². The fourth-order valence-electron chi connectivity index (χ4n) is 2.11. The first-order chi connectivity index (χ1) is 10.2. The van der Waals surface area contributed by atoms with E-state index in [-0.39, 0.29) is 0 Å². The van der Waals surface area contributed by atoms with Crippen molar-refractivity contribution in [1.29, 1.82) is 5.41 Å². The first-order valence-electron chi connectivity index (χ1n) is 6.81. The molecule has 0 unspecified atom stereocenters. The van der Waals surface area contributed by atoms with Gasteiger partial charge in [0, 0.05) is 30.1 Å². The van der Waals surface area contributed by atoms with Crippen LogP contribution >= 0.6 is 0 Å². The molecule has 5 heteroatoms. The maximum Gasteiger partial charge on any atom is 0.148 e. The quantitative estimate of drug-likeness (QED) is 0.735. The van der Waals surface area contributed by atoms with Crippen LogP contribution in [0, 0.1) is 12.3 Å². The van der Waals surface area contributed by atoms with Gasteiger partial charge in [-0.3, -0.25) is 0 Å². The molecule has 1 aromatic carbocycles. The van der Waals surface area contributed by atoms with Crippen molar-refractivity contribution < 1.29 is 0 Å². The predicted octanol–water partition coefficient (Wildman–Crippen LogP) is 2.83. The molecule has 4 N–H and O–H groups in total. The molecule has 0 aliphatic carbocycles. The molecular weight excluding hydrogens is 262 g/mol. The largest absolute Gasteiger partial charge is 0.404 e. The molecular formula is C16H19N5. The summed E-state index contributed by atoms with van der Waals surface area (Å²) >= 11 is 0. The number of hydrogen-bond donors (Lipinski definition) is 3. The highest BCUT2D eigenvalue weighted by Crippen LogP contribution is 2.24. The standard InChI is InChI=1S/C16H19N5/c1-3-19-16-7-6-15(20-21-16)14-5-4-12(8-11(14)2)13(9-17)10-18/h4-10,17H,3,18H2,1-2H3,(H,19,21). The molecule has 0 saturated carbocycles. The van der Waals surface area contributed by atoms with Gasteiger partial charge in [0.05, 0.1) is 5.69 Å². The number of anilines is 1. The van der Waals surface area contributed by atoms with Crippen molar-refractivity contribution in [3.8, 4) is 11.3 Å². The molecule has 2 aromatic rings. The number of nitrogens with two attached hydrogens (primary N) is 1. The molecule has 0 amide bonds. The summed E-state index contributed by atoms with van der Waals surface area (Å²) in [6.07, 6.45) is 2.69. The molecule has 21 heavy (non-hydrogen) atoms. The monoisotopic (exact) mass is 281 g/mol. The van der Waals surface area contributed by atoms with Gasteiger partial charge < -0.3 is 16.5 Å². The second-order valence-electron chi connectivity index (χ2n) is 4.63. The van der Waals surface area contributed by atoms with Crippen LogP contribution in [-0.4, -0.2) is 23.0 Å². The Morgan fingerprint density at radius 3 is 2.62 bits per heavy atom. The van der Waals surface area contributed by atoms with Crippen molar-refractivity contribution in [1.82, 2.24) is 10.2 Å². The highest BCUT2D eigenvalue weighted by Gasteiger charge is 2.07. The molecule has 1 heterocycles. The Morgan fingerprint density at radius 1 is 1.29 bits per heavy atom. The van der Waals surface area contributed by atoms with Gasteiger partial charge in [-0.05, 0) is 37.1 Å². The van der Waals surface area contributed by atoms with E-state index in [2.05, 4.69) is 15.5 Å². The summed E-state index contributed by atoms with van der Waals surface area (Å²) in [4.78, 5) is 0. The third-order valence-electron chi connectivity index (χ3n) is 3.19. The third-order valence-corrected chi connectivity index (χ3v) is 3.19. The van der Waals surface area contributed by atoms with Gasteiger partial charge >= 0.3 is 0 Å². The minimum absolute atomic E-state index is 0.693. The summed E-state index contributed by atoms with van der Waals surface area (Å²) in [7, 11) is 0. The van der Waals surface area contributed by atoms with Crippen molar-refractivity contribution in [2.75, 3.05) is 11.9 Å². The smallest absolute Gasteiger partial charge is 0.148 e. The SMILES string of the molecule is CCNc1ccc(-c2ccc(C(C=N)=CN)cc2C)nn1. The van der Waals surface area contributed by atoms with Crippen LogP contribution in [0.2, 0.25) is 0 Å². The number of rotatable bonds is 5. The molecule has 1 aromatic heterocycles. The molecule has 0 atom stereocenters. The topological polar surface area (TPSA) is 87.7 Å². The molecule has 0 bridgehead atoms. The summed E-state index contributed by atoms with van der Waals surface area (Å²) in [5.41, 5.74) is 10.1. The maximum atomic E-state index is 7.35. The Hall–Kier alpha value is -2.69. The van der Waals surface area contributed by atoms with Crippen LogP contribution in [-0.2, 0) is 0 Å². The molecule has 108 valence electrons. The summed E-state index contributed by atoms with van der Waals surface area (Å²) in [5, 5.41) is 18.9. The van der Waals surface area contributed by atoms with E-state index in [4.69, 9.17) is 11.1 Å². The molecule has 0 saturated heterocycles. The lowest BCUT2D eigenvalue weighted by Gasteiger charge is -2.09. The Bertz CT molecular complexity index is 659. The maximum absolute atomic E-state index is 7.35. The number of allylic oxidation sites excluding steroid dienone is 1. The second-order valence-corrected chi connectivity index (χ2v) is 4.63. The van der Waals surface area contributed by atoms with E-state index in [0.717, 1.165) is 34.7 Å². The van der Waals surface area contributed by atoms with Crippen LogP contribution in [0.5, 0.6) is 0 Å². The normalized spacial score (nSPS) is 11.2. The zero-order valence-electron chi connectivity index (χ0n) is 12.2. The summed E-state index contributed by atoms with van der Waals surface area (Å²) in [5.74, 6) is 0.771. The molecule has 0 aliphatic rings. The minimum atomic E-state index is 0.693. The third kappa shape index (κ3) is 3.25. The molecule has 5 nitrogen and oxygen atoms in total. The van der Waals surface area contributed by atoms with Gasteiger partial charge in [0.25, 0.3) is 0 Å². The zero-order chi connectivity index (χ0) is 15.2. The van der Waals surface area contributed by atoms with E-state index in [9.17, 15) is 0 Å². The molecule has 0 spiro atoms. The average Bonchev–Trinajstić information content (AvgIpc) is 2.50. The van der Waals surface area contributed by atoms with Gasteiger partial charge in [-0.25, -0.2) is 0 Å². The Morgan fingerprint density at radius 2 is 2.10 bits per heavy atom. The van der Waals surface area contributed by atoms with Gasteiger partial charge in [0.2, 0.25) is 0 Å². The zero-order valence-corrected chi connectivity index (χ0v) is 12.2. The summed E-state index contributed by atoms with van der Waals surface area (Å²) < 4.78 is 0. The number of nitrogens with zero attached hydrogens (tertiary/aromatic N) is 2. The van der Waals surface area contributed by atoms with Crippen molar-refractivity contribution in [2.45, 2.75) is 13.8 Å². The highest BCUT2D eigenvalue weighted by atomic mass is 15.2. The van der Waals surface area contributed by atoms with Gasteiger partial charge in [-0.1, -0.05) is 18.2 Å². The van der Waals surface area contributed by atoms with E-state index in [1.54, 1.807) is 0 Å². The first kappa shape index (κ1) is 14.7. The van der Waals surface area contributed by atoms with E-state index >= 15 is 0 Å². The number of hydrogen-bond acceptors (Lipinski definition) is 5.